The van der Waals surface area contributed by atoms with E-state index in [2.05, 4.69) is 31.5 Å². The summed E-state index contributed by atoms with van der Waals surface area (Å²) in [7, 11) is 1.79. The van der Waals surface area contributed by atoms with E-state index in [9.17, 15) is 4.79 Å². The molecule has 0 aliphatic rings. The van der Waals surface area contributed by atoms with Gasteiger partial charge in [-0.3, -0.25) is 4.79 Å². The lowest BCUT2D eigenvalue weighted by Crippen LogP contribution is -2.13. The zero-order valence-corrected chi connectivity index (χ0v) is 13.9. The lowest BCUT2D eigenvalue weighted by molar-refractivity contribution is 0.102. The minimum absolute atomic E-state index is 0.134. The van der Waals surface area contributed by atoms with Crippen LogP contribution >= 0.6 is 15.9 Å². The molecule has 1 aromatic carbocycles. The Labute approximate surface area is 133 Å². The Morgan fingerprint density at radius 3 is 2.67 bits per heavy atom. The molecule has 0 radical (unpaired) electrons. The third-order valence-corrected chi connectivity index (χ3v) is 4.06. The van der Waals surface area contributed by atoms with Crippen molar-refractivity contribution >= 4 is 33.3 Å². The van der Waals surface area contributed by atoms with Gasteiger partial charge in [0.1, 0.15) is 5.82 Å². The molecule has 1 heterocycles. The van der Waals surface area contributed by atoms with Crippen LogP contribution in [0.15, 0.2) is 34.8 Å². The van der Waals surface area contributed by atoms with Crippen LogP contribution < -0.4 is 10.6 Å². The fraction of sp³-hybridized carbons (Fsp3) is 0.250. The van der Waals surface area contributed by atoms with Crippen molar-refractivity contribution in [1.29, 1.82) is 0 Å². The van der Waals surface area contributed by atoms with Crippen molar-refractivity contribution < 1.29 is 4.79 Å². The predicted molar refractivity (Wildman–Crippen MR) is 90.0 cm³/mol. The first-order valence-electron chi connectivity index (χ1n) is 6.79. The molecular formula is C16H18BrN3O. The minimum atomic E-state index is -0.134. The Morgan fingerprint density at radius 1 is 1.29 bits per heavy atom. The smallest absolute Gasteiger partial charge is 0.255 e. The average Bonchev–Trinajstić information content (AvgIpc) is 2.50. The van der Waals surface area contributed by atoms with Gasteiger partial charge in [-0.2, -0.15) is 0 Å². The maximum absolute atomic E-state index is 12.4. The standard InChI is InChI=1S/C16H18BrN3O/c1-4-12-8-11(9-15(18-3)19-12)16(21)20-13-5-6-14(17)10(2)7-13/h5-9H,4H2,1-3H3,(H,18,19)(H,20,21). The number of pyridine rings is 1. The number of carbonyl (C=O) groups excluding carboxylic acids is 1. The molecule has 0 saturated heterocycles. The molecule has 0 spiro atoms. The summed E-state index contributed by atoms with van der Waals surface area (Å²) in [4.78, 5) is 16.8. The summed E-state index contributed by atoms with van der Waals surface area (Å²) in [5.74, 6) is 0.566. The van der Waals surface area contributed by atoms with Gasteiger partial charge in [0, 0.05) is 28.5 Å². The molecule has 0 atom stereocenters. The van der Waals surface area contributed by atoms with E-state index in [1.165, 1.54) is 0 Å². The van der Waals surface area contributed by atoms with Crippen molar-refractivity contribution in [3.05, 3.63) is 51.6 Å². The molecule has 1 amide bonds. The van der Waals surface area contributed by atoms with Gasteiger partial charge in [0.2, 0.25) is 0 Å². The topological polar surface area (TPSA) is 54.0 Å². The summed E-state index contributed by atoms with van der Waals surface area (Å²) >= 11 is 3.45. The number of rotatable bonds is 4. The van der Waals surface area contributed by atoms with E-state index in [1.54, 1.807) is 13.1 Å². The van der Waals surface area contributed by atoms with Gasteiger partial charge >= 0.3 is 0 Å². The number of hydrogen-bond donors (Lipinski definition) is 2. The summed E-state index contributed by atoms with van der Waals surface area (Å²) in [6.45, 7) is 4.00. The maximum Gasteiger partial charge on any atom is 0.255 e. The lowest BCUT2D eigenvalue weighted by atomic mass is 10.1. The van der Waals surface area contributed by atoms with E-state index >= 15 is 0 Å². The second-order valence-electron chi connectivity index (χ2n) is 4.75. The number of amides is 1. The highest BCUT2D eigenvalue weighted by molar-refractivity contribution is 9.10. The highest BCUT2D eigenvalue weighted by Gasteiger charge is 2.10. The van der Waals surface area contributed by atoms with Gasteiger partial charge in [-0.15, -0.1) is 0 Å². The molecule has 110 valence electrons. The van der Waals surface area contributed by atoms with Crippen molar-refractivity contribution in [2.45, 2.75) is 20.3 Å². The molecule has 2 aromatic rings. The fourth-order valence-corrected chi connectivity index (χ4v) is 2.20. The second kappa shape index (κ2) is 6.72. The summed E-state index contributed by atoms with van der Waals surface area (Å²) in [6, 6.07) is 9.30. The number of aryl methyl sites for hydroxylation is 2. The van der Waals surface area contributed by atoms with Gasteiger partial charge in [0.05, 0.1) is 0 Å². The maximum atomic E-state index is 12.4. The monoisotopic (exact) mass is 347 g/mol. The molecule has 2 rings (SSSR count). The molecule has 0 aliphatic heterocycles. The normalized spacial score (nSPS) is 10.3. The van der Waals surface area contributed by atoms with Gasteiger partial charge in [0.25, 0.3) is 5.91 Å². The quantitative estimate of drug-likeness (QED) is 0.878. The van der Waals surface area contributed by atoms with Crippen LogP contribution in [0.1, 0.15) is 28.5 Å². The summed E-state index contributed by atoms with van der Waals surface area (Å²) in [5, 5.41) is 5.89. The Kier molecular flexibility index (Phi) is 4.96. The summed E-state index contributed by atoms with van der Waals surface area (Å²) < 4.78 is 1.02. The summed E-state index contributed by atoms with van der Waals surface area (Å²) in [5.41, 5.74) is 3.35. The zero-order chi connectivity index (χ0) is 15.4. The molecule has 0 fully saturated rings. The van der Waals surface area contributed by atoms with Crippen molar-refractivity contribution in [3.63, 3.8) is 0 Å². The molecule has 1 aromatic heterocycles. The third-order valence-electron chi connectivity index (χ3n) is 3.17. The fourth-order valence-electron chi connectivity index (χ4n) is 1.95. The average molecular weight is 348 g/mol. The molecule has 2 N–H and O–H groups in total. The van der Waals surface area contributed by atoms with Crippen LogP contribution in [-0.2, 0) is 6.42 Å². The highest BCUT2D eigenvalue weighted by Crippen LogP contribution is 2.21. The zero-order valence-electron chi connectivity index (χ0n) is 12.3. The van der Waals surface area contributed by atoms with Crippen molar-refractivity contribution in [1.82, 2.24) is 4.98 Å². The van der Waals surface area contributed by atoms with Crippen LogP contribution in [0.3, 0.4) is 0 Å². The molecule has 0 aliphatic carbocycles. The van der Waals surface area contributed by atoms with Gasteiger partial charge in [-0.1, -0.05) is 22.9 Å². The number of aromatic nitrogens is 1. The summed E-state index contributed by atoms with van der Waals surface area (Å²) in [6.07, 6.45) is 0.785. The minimum Gasteiger partial charge on any atom is -0.373 e. The van der Waals surface area contributed by atoms with E-state index in [0.717, 1.165) is 27.8 Å². The van der Waals surface area contributed by atoms with E-state index in [4.69, 9.17) is 0 Å². The second-order valence-corrected chi connectivity index (χ2v) is 5.61. The molecular weight excluding hydrogens is 330 g/mol. The van der Waals surface area contributed by atoms with E-state index in [1.807, 2.05) is 38.1 Å². The van der Waals surface area contributed by atoms with Gasteiger partial charge < -0.3 is 10.6 Å². The molecule has 4 nitrogen and oxygen atoms in total. The SMILES string of the molecule is CCc1cc(C(=O)Nc2ccc(Br)c(C)c2)cc(NC)n1. The largest absolute Gasteiger partial charge is 0.373 e. The Morgan fingerprint density at radius 2 is 2.05 bits per heavy atom. The Balaban J connectivity index is 2.25. The van der Waals surface area contributed by atoms with Gasteiger partial charge in [0.15, 0.2) is 0 Å². The molecule has 5 heteroatoms. The van der Waals surface area contributed by atoms with Crippen LogP contribution in [-0.4, -0.2) is 17.9 Å². The highest BCUT2D eigenvalue weighted by atomic mass is 79.9. The number of benzene rings is 1. The van der Waals surface area contributed by atoms with Crippen molar-refractivity contribution in [3.8, 4) is 0 Å². The van der Waals surface area contributed by atoms with Crippen molar-refractivity contribution in [2.24, 2.45) is 0 Å². The first kappa shape index (κ1) is 15.5. The lowest BCUT2D eigenvalue weighted by Gasteiger charge is -2.09. The van der Waals surface area contributed by atoms with Crippen LogP contribution in [0.25, 0.3) is 0 Å². The first-order chi connectivity index (χ1) is 10.0. The number of nitrogens with one attached hydrogen (secondary N) is 2. The first-order valence-corrected chi connectivity index (χ1v) is 7.59. The Hall–Kier alpha value is -1.88. The van der Waals surface area contributed by atoms with Gasteiger partial charge in [-0.25, -0.2) is 4.98 Å². The number of anilines is 2. The number of nitrogens with zero attached hydrogens (tertiary/aromatic N) is 1. The van der Waals surface area contributed by atoms with Gasteiger partial charge in [-0.05, 0) is 49.2 Å². The predicted octanol–water partition coefficient (Wildman–Crippen LogP) is 4.01. The van der Waals surface area contributed by atoms with Crippen LogP contribution in [0, 0.1) is 6.92 Å². The third kappa shape index (κ3) is 3.82. The molecule has 0 saturated carbocycles. The number of carbonyl (C=O) groups is 1. The van der Waals surface area contributed by atoms with Crippen LogP contribution in [0.2, 0.25) is 0 Å². The number of hydrogen-bond acceptors (Lipinski definition) is 3. The van der Waals surface area contributed by atoms with E-state index < -0.39 is 0 Å². The van der Waals surface area contributed by atoms with E-state index in [-0.39, 0.29) is 5.91 Å². The number of halogens is 1. The van der Waals surface area contributed by atoms with Crippen molar-refractivity contribution in [2.75, 3.05) is 17.7 Å². The van der Waals surface area contributed by atoms with E-state index in [0.29, 0.717) is 11.4 Å². The van der Waals surface area contributed by atoms with Crippen LogP contribution in [0.5, 0.6) is 0 Å². The molecule has 0 bridgehead atoms. The Bertz CT molecular complexity index is 648. The molecule has 21 heavy (non-hydrogen) atoms. The molecule has 0 unspecified atom stereocenters. The van der Waals surface area contributed by atoms with Crippen LogP contribution in [0.4, 0.5) is 11.5 Å².